The first kappa shape index (κ1) is 9.84. The lowest BCUT2D eigenvalue weighted by atomic mass is 10.1. The van der Waals surface area contributed by atoms with Crippen LogP contribution in [0.5, 0.6) is 0 Å². The molecule has 0 atom stereocenters. The summed E-state index contributed by atoms with van der Waals surface area (Å²) in [6, 6.07) is 14.1. The zero-order valence-corrected chi connectivity index (χ0v) is 10.5. The van der Waals surface area contributed by atoms with Gasteiger partial charge in [-0.05, 0) is 39.8 Å². The van der Waals surface area contributed by atoms with Crippen molar-refractivity contribution in [3.63, 3.8) is 0 Å². The number of hydrogen-bond acceptors (Lipinski definition) is 2. The van der Waals surface area contributed by atoms with E-state index in [2.05, 4.69) is 39.9 Å². The minimum absolute atomic E-state index is 0.676. The predicted octanol–water partition coefficient (Wildman–Crippen LogP) is 3.50. The van der Waals surface area contributed by atoms with Crippen molar-refractivity contribution in [1.29, 1.82) is 0 Å². The largest absolute Gasteiger partial charge is 0.410 e. The molecule has 16 heavy (non-hydrogen) atoms. The molecular weight excluding hydrogens is 313 g/mol. The van der Waals surface area contributed by atoms with E-state index in [0.717, 1.165) is 25.8 Å². The molecule has 0 saturated heterocycles. The van der Waals surface area contributed by atoms with Crippen LogP contribution in [0.25, 0.3) is 11.1 Å². The average Bonchev–Trinajstić information content (AvgIpc) is 2.65. The molecule has 0 amide bonds. The van der Waals surface area contributed by atoms with Crippen LogP contribution in [0.1, 0.15) is 11.1 Å². The van der Waals surface area contributed by atoms with Crippen molar-refractivity contribution in [2.45, 2.75) is 0 Å². The first-order chi connectivity index (χ1) is 7.83. The van der Waals surface area contributed by atoms with E-state index in [1.165, 1.54) is 0 Å². The van der Waals surface area contributed by atoms with Crippen molar-refractivity contribution in [1.82, 2.24) is 0 Å². The Hall–Kier alpha value is -1.36. The monoisotopic (exact) mass is 321 g/mol. The van der Waals surface area contributed by atoms with Gasteiger partial charge in [0.15, 0.2) is 0 Å². The zero-order valence-electron chi connectivity index (χ0n) is 8.31. The van der Waals surface area contributed by atoms with Crippen LogP contribution in [0.4, 0.5) is 0 Å². The summed E-state index contributed by atoms with van der Waals surface area (Å²) in [7, 11) is 0. The fourth-order valence-corrected chi connectivity index (χ4v) is 2.91. The molecule has 0 radical (unpaired) electrons. The third-order valence-electron chi connectivity index (χ3n) is 2.82. The van der Waals surface area contributed by atoms with Gasteiger partial charge in [-0.15, -0.1) is 0 Å². The van der Waals surface area contributed by atoms with E-state index in [9.17, 15) is 0 Å². The van der Waals surface area contributed by atoms with Crippen molar-refractivity contribution >= 4 is 28.3 Å². The van der Waals surface area contributed by atoms with Gasteiger partial charge >= 0.3 is 0 Å². The maximum absolute atomic E-state index is 9.17. The van der Waals surface area contributed by atoms with Crippen LogP contribution in [-0.4, -0.2) is 10.9 Å². The van der Waals surface area contributed by atoms with E-state index in [0.29, 0.717) is 5.71 Å². The molecule has 0 aliphatic heterocycles. The van der Waals surface area contributed by atoms with E-state index >= 15 is 0 Å². The van der Waals surface area contributed by atoms with Crippen LogP contribution in [0.2, 0.25) is 0 Å². The molecule has 1 aliphatic rings. The molecule has 0 fully saturated rings. The van der Waals surface area contributed by atoms with Crippen LogP contribution < -0.4 is 0 Å². The lowest BCUT2D eigenvalue weighted by Gasteiger charge is -2.01. The van der Waals surface area contributed by atoms with Crippen molar-refractivity contribution < 1.29 is 5.21 Å². The molecular formula is C13H8INO. The summed E-state index contributed by atoms with van der Waals surface area (Å²) in [6.07, 6.45) is 0. The maximum atomic E-state index is 9.17. The van der Waals surface area contributed by atoms with Gasteiger partial charge in [0.1, 0.15) is 5.71 Å². The minimum atomic E-state index is 0.676. The summed E-state index contributed by atoms with van der Waals surface area (Å²) < 4.78 is 1.11. The summed E-state index contributed by atoms with van der Waals surface area (Å²) in [5.74, 6) is 0. The normalized spacial score (nSPS) is 14.9. The Morgan fingerprint density at radius 3 is 2.31 bits per heavy atom. The summed E-state index contributed by atoms with van der Waals surface area (Å²) in [5.41, 5.74) is 5.01. The number of benzene rings is 2. The number of fused-ring (bicyclic) bond motifs is 3. The second-order valence-electron chi connectivity index (χ2n) is 3.66. The number of rotatable bonds is 0. The van der Waals surface area contributed by atoms with Gasteiger partial charge in [-0.3, -0.25) is 0 Å². The average molecular weight is 321 g/mol. The SMILES string of the molecule is O/N=C1/c2ccccc2-c2cccc(I)c21. The third kappa shape index (κ3) is 1.21. The van der Waals surface area contributed by atoms with Crippen LogP contribution in [0.3, 0.4) is 0 Å². The third-order valence-corrected chi connectivity index (χ3v) is 3.72. The molecule has 3 rings (SSSR count). The molecule has 0 aromatic heterocycles. The molecule has 0 unspecified atom stereocenters. The summed E-state index contributed by atoms with van der Waals surface area (Å²) >= 11 is 2.27. The Balaban J connectivity index is 2.44. The van der Waals surface area contributed by atoms with E-state index in [4.69, 9.17) is 5.21 Å². The Labute approximate surface area is 107 Å². The molecule has 2 aromatic rings. The highest BCUT2D eigenvalue weighted by Crippen LogP contribution is 2.38. The fraction of sp³-hybridized carbons (Fsp3) is 0. The Morgan fingerprint density at radius 2 is 1.56 bits per heavy atom. The molecule has 1 N–H and O–H groups in total. The Morgan fingerprint density at radius 1 is 0.875 bits per heavy atom. The first-order valence-electron chi connectivity index (χ1n) is 4.93. The van der Waals surface area contributed by atoms with Crippen LogP contribution in [-0.2, 0) is 0 Å². The molecule has 2 aromatic carbocycles. The van der Waals surface area contributed by atoms with Gasteiger partial charge in [0.05, 0.1) is 0 Å². The quantitative estimate of drug-likeness (QED) is 0.384. The zero-order chi connectivity index (χ0) is 11.1. The summed E-state index contributed by atoms with van der Waals surface area (Å²) in [4.78, 5) is 0. The number of oxime groups is 1. The van der Waals surface area contributed by atoms with Gasteiger partial charge in [-0.1, -0.05) is 41.6 Å². The van der Waals surface area contributed by atoms with Gasteiger partial charge in [-0.25, -0.2) is 0 Å². The number of halogens is 1. The van der Waals surface area contributed by atoms with Crippen molar-refractivity contribution in [3.05, 3.63) is 57.2 Å². The molecule has 0 saturated carbocycles. The van der Waals surface area contributed by atoms with Gasteiger partial charge in [0.25, 0.3) is 0 Å². The number of hydrogen-bond donors (Lipinski definition) is 1. The van der Waals surface area contributed by atoms with Crippen LogP contribution in [0, 0.1) is 3.57 Å². The highest BCUT2D eigenvalue weighted by molar-refractivity contribution is 14.1. The van der Waals surface area contributed by atoms with Gasteiger partial charge in [0, 0.05) is 14.7 Å². The molecule has 0 bridgehead atoms. The van der Waals surface area contributed by atoms with E-state index in [-0.39, 0.29) is 0 Å². The molecule has 78 valence electrons. The minimum Gasteiger partial charge on any atom is -0.410 e. The smallest absolute Gasteiger partial charge is 0.119 e. The van der Waals surface area contributed by atoms with Gasteiger partial charge in [0.2, 0.25) is 0 Å². The fourth-order valence-electron chi connectivity index (χ4n) is 2.15. The number of nitrogens with zero attached hydrogens (tertiary/aromatic N) is 1. The Bertz CT molecular complexity index is 605. The summed E-state index contributed by atoms with van der Waals surface area (Å²) in [6.45, 7) is 0. The van der Waals surface area contributed by atoms with Crippen LogP contribution in [0.15, 0.2) is 47.6 Å². The highest BCUT2D eigenvalue weighted by Gasteiger charge is 2.26. The van der Waals surface area contributed by atoms with Crippen molar-refractivity contribution in [3.8, 4) is 11.1 Å². The van der Waals surface area contributed by atoms with Crippen molar-refractivity contribution in [2.75, 3.05) is 0 Å². The molecule has 1 aliphatic carbocycles. The standard InChI is InChI=1S/C13H8INO/c14-11-7-3-6-9-8-4-1-2-5-10(8)13(15-16)12(9)11/h1-7,16H/b15-13-. The second-order valence-corrected chi connectivity index (χ2v) is 4.82. The first-order valence-corrected chi connectivity index (χ1v) is 6.01. The molecule has 0 spiro atoms. The molecule has 3 heteroatoms. The van der Waals surface area contributed by atoms with E-state index in [1.807, 2.05) is 30.3 Å². The lowest BCUT2D eigenvalue weighted by Crippen LogP contribution is -1.99. The van der Waals surface area contributed by atoms with Gasteiger partial charge < -0.3 is 5.21 Å². The van der Waals surface area contributed by atoms with Crippen LogP contribution >= 0.6 is 22.6 Å². The van der Waals surface area contributed by atoms with Gasteiger partial charge in [-0.2, -0.15) is 0 Å². The topological polar surface area (TPSA) is 32.6 Å². The predicted molar refractivity (Wildman–Crippen MR) is 72.0 cm³/mol. The molecule has 2 nitrogen and oxygen atoms in total. The second kappa shape index (κ2) is 3.59. The van der Waals surface area contributed by atoms with E-state index in [1.54, 1.807) is 0 Å². The van der Waals surface area contributed by atoms with Crippen molar-refractivity contribution in [2.24, 2.45) is 5.16 Å². The highest BCUT2D eigenvalue weighted by atomic mass is 127. The van der Waals surface area contributed by atoms with E-state index < -0.39 is 0 Å². The molecule has 0 heterocycles. The maximum Gasteiger partial charge on any atom is 0.119 e. The summed E-state index contributed by atoms with van der Waals surface area (Å²) in [5, 5.41) is 12.6. The Kier molecular flexibility index (Phi) is 2.21. The lowest BCUT2D eigenvalue weighted by molar-refractivity contribution is 0.320.